The molecular formula is C16H13F3NO2. The molecule has 0 fully saturated rings. The third-order valence-corrected chi connectivity index (χ3v) is 3.55. The second-order valence-corrected chi connectivity index (χ2v) is 5.09. The largest absolute Gasteiger partial charge is 0.573 e. The average molecular weight is 308 g/mol. The molecule has 0 spiro atoms. The SMILES string of the molecule is [O]c1ccc2c(c1)CCCN2c1ccc(OC(F)(F)F)cc1. The minimum Gasteiger partial charge on any atom is -0.406 e. The van der Waals surface area contributed by atoms with Gasteiger partial charge in [0.15, 0.2) is 5.75 Å². The summed E-state index contributed by atoms with van der Waals surface area (Å²) in [5.41, 5.74) is 2.67. The zero-order valence-corrected chi connectivity index (χ0v) is 11.6. The van der Waals surface area contributed by atoms with E-state index in [-0.39, 0.29) is 11.5 Å². The normalized spacial score (nSPS) is 14.6. The van der Waals surface area contributed by atoms with Crippen LogP contribution in [-0.4, -0.2) is 12.9 Å². The lowest BCUT2D eigenvalue weighted by atomic mass is 10.0. The van der Waals surface area contributed by atoms with Crippen LogP contribution in [0.5, 0.6) is 11.5 Å². The molecule has 0 aromatic heterocycles. The Morgan fingerprint density at radius 2 is 1.77 bits per heavy atom. The maximum absolute atomic E-state index is 12.2. The van der Waals surface area contributed by atoms with E-state index in [0.717, 1.165) is 36.3 Å². The van der Waals surface area contributed by atoms with Crippen LogP contribution < -0.4 is 9.64 Å². The number of nitrogens with zero attached hydrogens (tertiary/aromatic N) is 1. The van der Waals surface area contributed by atoms with Gasteiger partial charge in [0.2, 0.25) is 0 Å². The summed E-state index contributed by atoms with van der Waals surface area (Å²) in [6.45, 7) is 0.755. The molecule has 0 N–H and O–H groups in total. The Balaban J connectivity index is 1.87. The van der Waals surface area contributed by atoms with Gasteiger partial charge in [-0.15, -0.1) is 13.2 Å². The summed E-state index contributed by atoms with van der Waals surface area (Å²) in [7, 11) is 0. The molecule has 0 unspecified atom stereocenters. The van der Waals surface area contributed by atoms with Gasteiger partial charge in [-0.25, -0.2) is 0 Å². The summed E-state index contributed by atoms with van der Waals surface area (Å²) in [5.74, 6) is -0.280. The van der Waals surface area contributed by atoms with Crippen LogP contribution in [0.15, 0.2) is 42.5 Å². The fourth-order valence-corrected chi connectivity index (χ4v) is 2.67. The molecule has 0 bridgehead atoms. The molecular weight excluding hydrogens is 295 g/mol. The summed E-state index contributed by atoms with van der Waals surface area (Å²) >= 11 is 0. The van der Waals surface area contributed by atoms with Gasteiger partial charge in [0, 0.05) is 17.9 Å². The maximum Gasteiger partial charge on any atom is 0.573 e. The monoisotopic (exact) mass is 308 g/mol. The molecule has 22 heavy (non-hydrogen) atoms. The Morgan fingerprint density at radius 1 is 1.05 bits per heavy atom. The minimum atomic E-state index is -4.69. The molecule has 0 saturated carbocycles. The molecule has 0 atom stereocenters. The van der Waals surface area contributed by atoms with E-state index in [1.54, 1.807) is 24.3 Å². The van der Waals surface area contributed by atoms with E-state index < -0.39 is 6.36 Å². The van der Waals surface area contributed by atoms with Crippen LogP contribution in [0.2, 0.25) is 0 Å². The topological polar surface area (TPSA) is 32.4 Å². The highest BCUT2D eigenvalue weighted by Crippen LogP contribution is 2.36. The molecule has 0 saturated heterocycles. The van der Waals surface area contributed by atoms with Crippen molar-refractivity contribution in [2.24, 2.45) is 0 Å². The number of ether oxygens (including phenoxy) is 1. The lowest BCUT2D eigenvalue weighted by Crippen LogP contribution is -2.24. The molecule has 2 aromatic rings. The first-order valence-electron chi connectivity index (χ1n) is 6.86. The molecule has 1 heterocycles. The summed E-state index contributed by atoms with van der Waals surface area (Å²) in [4.78, 5) is 2.00. The van der Waals surface area contributed by atoms with Crippen molar-refractivity contribution in [1.82, 2.24) is 0 Å². The Morgan fingerprint density at radius 3 is 2.45 bits per heavy atom. The Kier molecular flexibility index (Phi) is 3.60. The van der Waals surface area contributed by atoms with Crippen molar-refractivity contribution < 1.29 is 23.0 Å². The van der Waals surface area contributed by atoms with Crippen LogP contribution in [0.3, 0.4) is 0 Å². The third kappa shape index (κ3) is 3.10. The quantitative estimate of drug-likeness (QED) is 0.797. The fourth-order valence-electron chi connectivity index (χ4n) is 2.67. The number of hydrogen-bond donors (Lipinski definition) is 0. The van der Waals surface area contributed by atoms with Gasteiger partial charge in [-0.05, 0) is 60.9 Å². The summed E-state index contributed by atoms with van der Waals surface area (Å²) in [6, 6.07) is 10.6. The molecule has 3 nitrogen and oxygen atoms in total. The molecule has 3 rings (SSSR count). The standard InChI is InChI=1S/C16H13F3NO2/c17-16(18,19)22-14-6-3-12(4-7-14)20-9-1-2-11-10-13(21)5-8-15(11)20/h3-8,10H,1-2,9H2. The van der Waals surface area contributed by atoms with Gasteiger partial charge in [0.1, 0.15) is 5.75 Å². The number of halogens is 3. The summed E-state index contributed by atoms with van der Waals surface area (Å²) in [6.07, 6.45) is -2.97. The predicted molar refractivity (Wildman–Crippen MR) is 75.0 cm³/mol. The van der Waals surface area contributed by atoms with Crippen molar-refractivity contribution in [2.45, 2.75) is 19.2 Å². The minimum absolute atomic E-state index is 0.0328. The molecule has 2 aromatic carbocycles. The number of fused-ring (bicyclic) bond motifs is 1. The highest BCUT2D eigenvalue weighted by molar-refractivity contribution is 5.69. The number of aryl methyl sites for hydroxylation is 1. The second kappa shape index (κ2) is 5.44. The zero-order valence-electron chi connectivity index (χ0n) is 11.6. The van der Waals surface area contributed by atoms with Crippen LogP contribution in [0, 0.1) is 0 Å². The maximum atomic E-state index is 12.2. The first-order chi connectivity index (χ1) is 10.4. The van der Waals surface area contributed by atoms with Crippen LogP contribution in [0.4, 0.5) is 24.5 Å². The second-order valence-electron chi connectivity index (χ2n) is 5.09. The molecule has 115 valence electrons. The van der Waals surface area contributed by atoms with E-state index in [9.17, 15) is 18.3 Å². The molecule has 6 heteroatoms. The van der Waals surface area contributed by atoms with Crippen molar-refractivity contribution in [3.05, 3.63) is 48.0 Å². The van der Waals surface area contributed by atoms with Crippen LogP contribution in [0.1, 0.15) is 12.0 Å². The van der Waals surface area contributed by atoms with Crippen LogP contribution in [0.25, 0.3) is 0 Å². The smallest absolute Gasteiger partial charge is 0.406 e. The predicted octanol–water partition coefficient (Wildman–Crippen LogP) is 4.81. The first-order valence-corrected chi connectivity index (χ1v) is 6.86. The Labute approximate surface area is 125 Å². The van der Waals surface area contributed by atoms with E-state index in [1.165, 1.54) is 18.2 Å². The van der Waals surface area contributed by atoms with Gasteiger partial charge < -0.3 is 9.64 Å². The highest BCUT2D eigenvalue weighted by Gasteiger charge is 2.31. The van der Waals surface area contributed by atoms with Gasteiger partial charge in [-0.3, -0.25) is 5.11 Å². The fraction of sp³-hybridized carbons (Fsp3) is 0.250. The van der Waals surface area contributed by atoms with Crippen molar-refractivity contribution in [3.63, 3.8) is 0 Å². The number of anilines is 2. The van der Waals surface area contributed by atoms with E-state index in [4.69, 9.17) is 0 Å². The van der Waals surface area contributed by atoms with Gasteiger partial charge in [-0.1, -0.05) is 0 Å². The van der Waals surface area contributed by atoms with Crippen molar-refractivity contribution >= 4 is 11.4 Å². The molecule has 1 aliphatic rings. The van der Waals surface area contributed by atoms with Gasteiger partial charge in [0.05, 0.1) is 0 Å². The summed E-state index contributed by atoms with van der Waals surface area (Å²) < 4.78 is 40.4. The Hall–Kier alpha value is -2.37. The van der Waals surface area contributed by atoms with E-state index in [1.807, 2.05) is 4.90 Å². The number of hydrogen-bond acceptors (Lipinski definition) is 2. The molecule has 1 radical (unpaired) electrons. The van der Waals surface area contributed by atoms with E-state index in [0.29, 0.717) is 0 Å². The van der Waals surface area contributed by atoms with Gasteiger partial charge in [0.25, 0.3) is 0 Å². The molecule has 1 aliphatic heterocycles. The Bertz CT molecular complexity index is 668. The van der Waals surface area contributed by atoms with Crippen molar-refractivity contribution in [1.29, 1.82) is 0 Å². The zero-order chi connectivity index (χ0) is 15.7. The average Bonchev–Trinajstić information content (AvgIpc) is 2.45. The highest BCUT2D eigenvalue weighted by atomic mass is 19.4. The number of alkyl halides is 3. The van der Waals surface area contributed by atoms with Gasteiger partial charge in [-0.2, -0.15) is 0 Å². The van der Waals surface area contributed by atoms with Crippen LogP contribution >= 0.6 is 0 Å². The molecule has 0 aliphatic carbocycles. The number of rotatable bonds is 2. The number of benzene rings is 2. The first kappa shape index (κ1) is 14.6. The molecule has 0 amide bonds. The van der Waals surface area contributed by atoms with Crippen LogP contribution in [-0.2, 0) is 11.5 Å². The summed E-state index contributed by atoms with van der Waals surface area (Å²) in [5, 5.41) is 11.4. The van der Waals surface area contributed by atoms with Crippen molar-refractivity contribution in [2.75, 3.05) is 11.4 Å². The lowest BCUT2D eigenvalue weighted by Gasteiger charge is -2.31. The van der Waals surface area contributed by atoms with Crippen molar-refractivity contribution in [3.8, 4) is 11.5 Å². The lowest BCUT2D eigenvalue weighted by molar-refractivity contribution is -0.274. The van der Waals surface area contributed by atoms with E-state index in [2.05, 4.69) is 4.74 Å². The van der Waals surface area contributed by atoms with Gasteiger partial charge >= 0.3 is 6.36 Å². The third-order valence-electron chi connectivity index (χ3n) is 3.55. The van der Waals surface area contributed by atoms with E-state index >= 15 is 0 Å².